The lowest BCUT2D eigenvalue weighted by Gasteiger charge is -2.13. The zero-order valence-electron chi connectivity index (χ0n) is 12.9. The highest BCUT2D eigenvalue weighted by Gasteiger charge is 2.16. The number of carbonyl (C=O) groups is 1. The van der Waals surface area contributed by atoms with E-state index in [9.17, 15) is 9.90 Å². The Morgan fingerprint density at radius 1 is 1.04 bits per heavy atom. The Kier molecular flexibility index (Phi) is 3.75. The van der Waals surface area contributed by atoms with Crippen LogP contribution in [0.5, 0.6) is 5.75 Å². The van der Waals surface area contributed by atoms with Crippen LogP contribution in [-0.2, 0) is 0 Å². The van der Waals surface area contributed by atoms with Crippen LogP contribution in [0.1, 0.15) is 28.2 Å². The van der Waals surface area contributed by atoms with Gasteiger partial charge in [-0.15, -0.1) is 22.7 Å². The molecule has 3 nitrogen and oxygen atoms in total. The van der Waals surface area contributed by atoms with E-state index in [0.29, 0.717) is 4.88 Å². The molecule has 0 saturated heterocycles. The molecular weight excluding hydrogens is 338 g/mol. The number of nitrogens with one attached hydrogen (secondary N) is 1. The van der Waals surface area contributed by atoms with E-state index in [-0.39, 0.29) is 17.7 Å². The number of phenols is 1. The van der Waals surface area contributed by atoms with E-state index < -0.39 is 0 Å². The number of phenolic OH excluding ortho intramolecular Hbond substituents is 1. The Bertz CT molecular complexity index is 1050. The second-order valence-corrected chi connectivity index (χ2v) is 7.83. The fourth-order valence-electron chi connectivity index (χ4n) is 2.76. The number of carbonyl (C=O) groups excluding carboxylic acids is 1. The Morgan fingerprint density at radius 3 is 2.71 bits per heavy atom. The van der Waals surface area contributed by atoms with Crippen LogP contribution in [0.25, 0.3) is 19.5 Å². The summed E-state index contributed by atoms with van der Waals surface area (Å²) in [6.45, 7) is 1.91. The van der Waals surface area contributed by atoms with E-state index in [1.54, 1.807) is 29.5 Å². The van der Waals surface area contributed by atoms with E-state index >= 15 is 0 Å². The van der Waals surface area contributed by atoms with Gasteiger partial charge in [0.1, 0.15) is 5.75 Å². The highest BCUT2D eigenvalue weighted by Crippen LogP contribution is 2.39. The number of aromatic hydroxyl groups is 1. The second-order valence-electron chi connectivity index (χ2n) is 5.69. The van der Waals surface area contributed by atoms with Crippen molar-refractivity contribution in [3.63, 3.8) is 0 Å². The van der Waals surface area contributed by atoms with Crippen molar-refractivity contribution in [3.05, 3.63) is 65.0 Å². The van der Waals surface area contributed by atoms with E-state index in [4.69, 9.17) is 0 Å². The third-order valence-electron chi connectivity index (χ3n) is 3.99. The van der Waals surface area contributed by atoms with Gasteiger partial charge >= 0.3 is 0 Å². The quantitative estimate of drug-likeness (QED) is 0.524. The number of thiophene rings is 2. The summed E-state index contributed by atoms with van der Waals surface area (Å²) in [5, 5.41) is 13.8. The first-order valence-electron chi connectivity index (χ1n) is 7.62. The van der Waals surface area contributed by atoms with Gasteiger partial charge in [0.25, 0.3) is 5.91 Å². The zero-order chi connectivity index (χ0) is 16.7. The molecule has 0 saturated carbocycles. The highest BCUT2D eigenvalue weighted by atomic mass is 32.1. The topological polar surface area (TPSA) is 49.3 Å². The first kappa shape index (κ1) is 15.2. The number of hydrogen-bond acceptors (Lipinski definition) is 4. The van der Waals surface area contributed by atoms with E-state index in [1.807, 2.05) is 31.2 Å². The van der Waals surface area contributed by atoms with Crippen molar-refractivity contribution in [3.8, 4) is 5.75 Å². The molecule has 2 aromatic heterocycles. The molecule has 2 aromatic carbocycles. The molecule has 2 N–H and O–H groups in total. The molecule has 120 valence electrons. The summed E-state index contributed by atoms with van der Waals surface area (Å²) < 4.78 is 3.57. The maximum absolute atomic E-state index is 12.6. The van der Waals surface area contributed by atoms with Crippen LogP contribution in [-0.4, -0.2) is 11.0 Å². The van der Waals surface area contributed by atoms with Gasteiger partial charge in [0, 0.05) is 14.8 Å². The monoisotopic (exact) mass is 353 g/mol. The van der Waals surface area contributed by atoms with Gasteiger partial charge in [-0.1, -0.05) is 30.3 Å². The predicted octanol–water partition coefficient (Wildman–Crippen LogP) is 5.31. The van der Waals surface area contributed by atoms with Gasteiger partial charge < -0.3 is 10.4 Å². The lowest BCUT2D eigenvalue weighted by atomic mass is 10.1. The second kappa shape index (κ2) is 5.92. The summed E-state index contributed by atoms with van der Waals surface area (Å²) in [6.07, 6.45) is 0. The molecule has 0 radical (unpaired) electrons. The van der Waals surface area contributed by atoms with Gasteiger partial charge in [-0.3, -0.25) is 4.79 Å². The Morgan fingerprint density at radius 2 is 1.88 bits per heavy atom. The number of hydrogen-bond donors (Lipinski definition) is 2. The highest BCUT2D eigenvalue weighted by molar-refractivity contribution is 7.33. The van der Waals surface area contributed by atoms with Crippen LogP contribution in [0.15, 0.2) is 54.6 Å². The Labute approximate surface area is 147 Å². The summed E-state index contributed by atoms with van der Waals surface area (Å²) in [5.74, 6) is 0.125. The number of fused-ring (bicyclic) bond motifs is 3. The van der Waals surface area contributed by atoms with Crippen LogP contribution in [0.2, 0.25) is 0 Å². The summed E-state index contributed by atoms with van der Waals surface area (Å²) in [4.78, 5) is 13.3. The summed E-state index contributed by atoms with van der Waals surface area (Å²) in [7, 11) is 0. The fraction of sp³-hybridized carbons (Fsp3) is 0.105. The first-order valence-corrected chi connectivity index (χ1v) is 9.26. The number of benzene rings is 2. The standard InChI is InChI=1S/C19H15NO2S2/c1-11(12-5-4-6-13(21)9-12)20-19(22)17-10-16-18(24-17)14-7-2-3-8-15(14)23-16/h2-11,21H,1H3,(H,20,22). The van der Waals surface area contributed by atoms with Crippen molar-refractivity contribution >= 4 is 48.1 Å². The molecule has 1 amide bonds. The van der Waals surface area contributed by atoms with Crippen LogP contribution in [0, 0.1) is 0 Å². The lowest BCUT2D eigenvalue weighted by molar-refractivity contribution is 0.0944. The molecule has 0 spiro atoms. The minimum absolute atomic E-state index is 0.0803. The molecule has 4 rings (SSSR count). The van der Waals surface area contributed by atoms with Crippen molar-refractivity contribution < 1.29 is 9.90 Å². The molecule has 5 heteroatoms. The molecule has 0 fully saturated rings. The van der Waals surface area contributed by atoms with Crippen LogP contribution in [0.3, 0.4) is 0 Å². The van der Waals surface area contributed by atoms with Gasteiger partial charge in [0.05, 0.1) is 15.6 Å². The van der Waals surface area contributed by atoms with Crippen molar-refractivity contribution in [2.75, 3.05) is 0 Å². The number of rotatable bonds is 3. The summed E-state index contributed by atoms with van der Waals surface area (Å²) in [5.41, 5.74) is 0.882. The van der Waals surface area contributed by atoms with Crippen molar-refractivity contribution in [2.24, 2.45) is 0 Å². The molecule has 1 unspecified atom stereocenters. The molecule has 0 aliphatic carbocycles. The molecule has 0 aliphatic rings. The molecule has 0 aliphatic heterocycles. The van der Waals surface area contributed by atoms with E-state index in [2.05, 4.69) is 17.4 Å². The van der Waals surface area contributed by atoms with Crippen molar-refractivity contribution in [1.82, 2.24) is 5.32 Å². The first-order chi connectivity index (χ1) is 11.6. The number of amides is 1. The van der Waals surface area contributed by atoms with E-state index in [1.165, 1.54) is 26.1 Å². The normalized spacial score (nSPS) is 12.5. The largest absolute Gasteiger partial charge is 0.508 e. The van der Waals surface area contributed by atoms with Crippen molar-refractivity contribution in [2.45, 2.75) is 13.0 Å². The average molecular weight is 353 g/mol. The fourth-order valence-corrected chi connectivity index (χ4v) is 5.18. The molecular formula is C19H15NO2S2. The van der Waals surface area contributed by atoms with Crippen LogP contribution >= 0.6 is 22.7 Å². The molecule has 4 aromatic rings. The molecule has 2 heterocycles. The maximum Gasteiger partial charge on any atom is 0.261 e. The minimum Gasteiger partial charge on any atom is -0.508 e. The van der Waals surface area contributed by atoms with Crippen molar-refractivity contribution in [1.29, 1.82) is 0 Å². The third-order valence-corrected chi connectivity index (χ3v) is 6.41. The lowest BCUT2D eigenvalue weighted by Crippen LogP contribution is -2.25. The van der Waals surface area contributed by atoms with Gasteiger partial charge in [0.15, 0.2) is 0 Å². The maximum atomic E-state index is 12.6. The summed E-state index contributed by atoms with van der Waals surface area (Å²) >= 11 is 3.25. The van der Waals surface area contributed by atoms with Crippen LogP contribution in [0.4, 0.5) is 0 Å². The Balaban J connectivity index is 1.61. The molecule has 0 bridgehead atoms. The molecule has 24 heavy (non-hydrogen) atoms. The average Bonchev–Trinajstić information content (AvgIpc) is 3.12. The van der Waals surface area contributed by atoms with Gasteiger partial charge in [-0.05, 0) is 36.8 Å². The zero-order valence-corrected chi connectivity index (χ0v) is 14.6. The third kappa shape index (κ3) is 2.66. The smallest absolute Gasteiger partial charge is 0.261 e. The SMILES string of the molecule is CC(NC(=O)c1cc2sc3ccccc3c2s1)c1cccc(O)c1. The van der Waals surface area contributed by atoms with Gasteiger partial charge in [0.2, 0.25) is 0 Å². The van der Waals surface area contributed by atoms with Gasteiger partial charge in [-0.2, -0.15) is 0 Å². The summed E-state index contributed by atoms with van der Waals surface area (Å²) in [6, 6.07) is 17.0. The van der Waals surface area contributed by atoms with Crippen LogP contribution < -0.4 is 5.32 Å². The van der Waals surface area contributed by atoms with Gasteiger partial charge in [-0.25, -0.2) is 0 Å². The molecule has 1 atom stereocenters. The van der Waals surface area contributed by atoms with E-state index in [0.717, 1.165) is 10.3 Å². The predicted molar refractivity (Wildman–Crippen MR) is 101 cm³/mol. The Hall–Kier alpha value is -2.37. The minimum atomic E-state index is -0.165.